The summed E-state index contributed by atoms with van der Waals surface area (Å²) < 4.78 is 0. The Hall–Kier alpha value is -2.28. The summed E-state index contributed by atoms with van der Waals surface area (Å²) in [5, 5.41) is 15.0. The van der Waals surface area contributed by atoms with Gasteiger partial charge in [-0.25, -0.2) is 0 Å². The minimum atomic E-state index is -0.257. The molecule has 7 heteroatoms. The number of carbonyl (C=O) groups excluding carboxylic acids is 2. The first-order chi connectivity index (χ1) is 12.2. The molecule has 0 atom stereocenters. The van der Waals surface area contributed by atoms with E-state index >= 15 is 0 Å². The van der Waals surface area contributed by atoms with Gasteiger partial charge in [-0.3, -0.25) is 14.9 Å². The Morgan fingerprint density at radius 2 is 1.96 bits per heavy atom. The third kappa shape index (κ3) is 4.63. The topological polar surface area (TPSA) is 84.0 Å². The number of aromatic nitrogens is 2. The van der Waals surface area contributed by atoms with Crippen LogP contribution in [0, 0.1) is 5.92 Å². The molecule has 1 aromatic heterocycles. The van der Waals surface area contributed by atoms with Crippen molar-refractivity contribution in [1.29, 1.82) is 0 Å². The van der Waals surface area contributed by atoms with E-state index in [1.54, 1.807) is 24.3 Å². The van der Waals surface area contributed by atoms with Gasteiger partial charge in [-0.1, -0.05) is 43.6 Å². The molecule has 0 bridgehead atoms. The maximum atomic E-state index is 12.4. The molecule has 1 aliphatic rings. The van der Waals surface area contributed by atoms with Gasteiger partial charge < -0.3 is 5.32 Å². The molecule has 1 aliphatic carbocycles. The van der Waals surface area contributed by atoms with Gasteiger partial charge in [0.2, 0.25) is 11.0 Å². The second kappa shape index (κ2) is 8.20. The van der Waals surface area contributed by atoms with Crippen molar-refractivity contribution in [3.63, 3.8) is 0 Å². The van der Waals surface area contributed by atoms with Crippen molar-refractivity contribution in [2.24, 2.45) is 5.92 Å². The highest BCUT2D eigenvalue weighted by Crippen LogP contribution is 2.25. The molecule has 0 aliphatic heterocycles. The standard InChI is InChI=1S/C18H22N4O2S/c1-2-15-21-22-18(25-15)20-17(24)13-9-6-10-14(11-13)19-16(23)12-7-4-3-5-8-12/h6,9-12H,2-5,7-8H2,1H3,(H,19,23)(H,20,22,24). The average molecular weight is 358 g/mol. The second-order valence-corrected chi connectivity index (χ2v) is 7.28. The SMILES string of the molecule is CCc1nnc(NC(=O)c2cccc(NC(=O)C3CCCCC3)c2)s1. The summed E-state index contributed by atoms with van der Waals surface area (Å²) in [6.07, 6.45) is 6.12. The molecule has 3 rings (SSSR count). The summed E-state index contributed by atoms with van der Waals surface area (Å²) in [5.74, 6) is -0.123. The van der Waals surface area contributed by atoms with Crippen LogP contribution >= 0.6 is 11.3 Å². The number of nitrogens with zero attached hydrogens (tertiary/aromatic N) is 2. The van der Waals surface area contributed by atoms with E-state index in [-0.39, 0.29) is 17.7 Å². The molecule has 1 aromatic carbocycles. The highest BCUT2D eigenvalue weighted by atomic mass is 32.1. The molecule has 25 heavy (non-hydrogen) atoms. The molecule has 132 valence electrons. The molecule has 0 spiro atoms. The Labute approximate surface area is 151 Å². The highest BCUT2D eigenvalue weighted by molar-refractivity contribution is 7.15. The fourth-order valence-electron chi connectivity index (χ4n) is 2.96. The minimum absolute atomic E-state index is 0.0500. The summed E-state index contributed by atoms with van der Waals surface area (Å²) in [7, 11) is 0. The first kappa shape index (κ1) is 17.5. The fraction of sp³-hybridized carbons (Fsp3) is 0.444. The maximum absolute atomic E-state index is 12.4. The van der Waals surface area contributed by atoms with Gasteiger partial charge in [-0.05, 0) is 37.5 Å². The van der Waals surface area contributed by atoms with Crippen LogP contribution in [0.15, 0.2) is 24.3 Å². The predicted octanol–water partition coefficient (Wildman–Crippen LogP) is 3.87. The van der Waals surface area contributed by atoms with Crippen LogP contribution in [0.5, 0.6) is 0 Å². The van der Waals surface area contributed by atoms with Crippen LogP contribution in [0.1, 0.15) is 54.4 Å². The van der Waals surface area contributed by atoms with Gasteiger partial charge in [0, 0.05) is 17.2 Å². The Kier molecular flexibility index (Phi) is 5.75. The zero-order valence-corrected chi connectivity index (χ0v) is 15.1. The average Bonchev–Trinajstić information content (AvgIpc) is 3.10. The summed E-state index contributed by atoms with van der Waals surface area (Å²) in [6, 6.07) is 6.98. The molecular weight excluding hydrogens is 336 g/mol. The van der Waals surface area contributed by atoms with E-state index in [0.717, 1.165) is 37.1 Å². The molecule has 1 heterocycles. The molecule has 2 amide bonds. The van der Waals surface area contributed by atoms with Gasteiger partial charge in [0.1, 0.15) is 5.01 Å². The number of hydrogen-bond donors (Lipinski definition) is 2. The van der Waals surface area contributed by atoms with Crippen molar-refractivity contribution < 1.29 is 9.59 Å². The number of carbonyl (C=O) groups is 2. The van der Waals surface area contributed by atoms with Crippen LogP contribution in [-0.4, -0.2) is 22.0 Å². The normalized spacial score (nSPS) is 14.9. The Morgan fingerprint density at radius 3 is 2.68 bits per heavy atom. The van der Waals surface area contributed by atoms with Crippen LogP contribution < -0.4 is 10.6 Å². The zero-order valence-electron chi connectivity index (χ0n) is 14.2. The van der Waals surface area contributed by atoms with Gasteiger partial charge in [-0.2, -0.15) is 0 Å². The van der Waals surface area contributed by atoms with Crippen LogP contribution in [0.25, 0.3) is 0 Å². The minimum Gasteiger partial charge on any atom is -0.326 e. The number of amides is 2. The van der Waals surface area contributed by atoms with Gasteiger partial charge in [0.05, 0.1) is 0 Å². The Balaban J connectivity index is 1.63. The first-order valence-corrected chi connectivity index (χ1v) is 9.52. The van der Waals surface area contributed by atoms with E-state index in [0.29, 0.717) is 16.4 Å². The summed E-state index contributed by atoms with van der Waals surface area (Å²) >= 11 is 1.37. The lowest BCUT2D eigenvalue weighted by Gasteiger charge is -2.20. The lowest BCUT2D eigenvalue weighted by molar-refractivity contribution is -0.120. The summed E-state index contributed by atoms with van der Waals surface area (Å²) in [4.78, 5) is 24.7. The number of aryl methyl sites for hydroxylation is 1. The van der Waals surface area contributed by atoms with Gasteiger partial charge in [-0.15, -0.1) is 10.2 Å². The van der Waals surface area contributed by atoms with Crippen LogP contribution in [0.3, 0.4) is 0 Å². The van der Waals surface area contributed by atoms with Crippen molar-refractivity contribution in [1.82, 2.24) is 10.2 Å². The van der Waals surface area contributed by atoms with E-state index in [1.807, 2.05) is 6.92 Å². The Bertz CT molecular complexity index is 753. The number of rotatable bonds is 5. The first-order valence-electron chi connectivity index (χ1n) is 8.70. The highest BCUT2D eigenvalue weighted by Gasteiger charge is 2.21. The van der Waals surface area contributed by atoms with Crippen molar-refractivity contribution in [3.05, 3.63) is 34.8 Å². The van der Waals surface area contributed by atoms with Gasteiger partial charge in [0.15, 0.2) is 0 Å². The van der Waals surface area contributed by atoms with Crippen LogP contribution in [0.2, 0.25) is 0 Å². The van der Waals surface area contributed by atoms with E-state index in [1.165, 1.54) is 17.8 Å². The molecular formula is C18H22N4O2S. The quantitative estimate of drug-likeness (QED) is 0.850. The lowest BCUT2D eigenvalue weighted by Crippen LogP contribution is -2.24. The monoisotopic (exact) mass is 358 g/mol. The molecule has 0 unspecified atom stereocenters. The third-order valence-corrected chi connectivity index (χ3v) is 5.34. The summed E-state index contributed by atoms with van der Waals surface area (Å²) in [6.45, 7) is 1.99. The largest absolute Gasteiger partial charge is 0.326 e. The number of benzene rings is 1. The second-order valence-electron chi connectivity index (χ2n) is 6.21. The van der Waals surface area contributed by atoms with Gasteiger partial charge >= 0.3 is 0 Å². The van der Waals surface area contributed by atoms with E-state index < -0.39 is 0 Å². The lowest BCUT2D eigenvalue weighted by atomic mass is 9.88. The number of anilines is 2. The molecule has 0 radical (unpaired) electrons. The zero-order chi connectivity index (χ0) is 17.6. The van der Waals surface area contributed by atoms with Crippen molar-refractivity contribution in [3.8, 4) is 0 Å². The number of hydrogen-bond acceptors (Lipinski definition) is 5. The maximum Gasteiger partial charge on any atom is 0.257 e. The van der Waals surface area contributed by atoms with Crippen molar-refractivity contribution in [2.75, 3.05) is 10.6 Å². The van der Waals surface area contributed by atoms with Crippen molar-refractivity contribution >= 4 is 34.0 Å². The summed E-state index contributed by atoms with van der Waals surface area (Å²) in [5.41, 5.74) is 1.13. The van der Waals surface area contributed by atoms with E-state index in [9.17, 15) is 9.59 Å². The van der Waals surface area contributed by atoms with Crippen molar-refractivity contribution in [2.45, 2.75) is 45.4 Å². The number of nitrogens with one attached hydrogen (secondary N) is 2. The fourth-order valence-corrected chi connectivity index (χ4v) is 3.64. The van der Waals surface area contributed by atoms with E-state index in [2.05, 4.69) is 20.8 Å². The molecule has 0 saturated heterocycles. The molecule has 1 saturated carbocycles. The molecule has 1 fully saturated rings. The van der Waals surface area contributed by atoms with Crippen LogP contribution in [-0.2, 0) is 11.2 Å². The van der Waals surface area contributed by atoms with Crippen LogP contribution in [0.4, 0.5) is 10.8 Å². The molecule has 6 nitrogen and oxygen atoms in total. The third-order valence-electron chi connectivity index (χ3n) is 4.36. The van der Waals surface area contributed by atoms with E-state index in [4.69, 9.17) is 0 Å². The molecule has 2 N–H and O–H groups in total. The predicted molar refractivity (Wildman–Crippen MR) is 98.9 cm³/mol. The van der Waals surface area contributed by atoms with Gasteiger partial charge in [0.25, 0.3) is 5.91 Å². The smallest absolute Gasteiger partial charge is 0.257 e. The molecule has 2 aromatic rings. The Morgan fingerprint density at radius 1 is 1.16 bits per heavy atom.